The predicted octanol–water partition coefficient (Wildman–Crippen LogP) is 4.12. The van der Waals surface area contributed by atoms with Crippen LogP contribution >= 0.6 is 0 Å². The third kappa shape index (κ3) is 6.60. The summed E-state index contributed by atoms with van der Waals surface area (Å²) in [6, 6.07) is 12.9. The number of phenols is 1. The van der Waals surface area contributed by atoms with Crippen molar-refractivity contribution in [3.05, 3.63) is 82.8 Å². The van der Waals surface area contributed by atoms with E-state index >= 15 is 8.78 Å². The van der Waals surface area contributed by atoms with E-state index in [0.717, 1.165) is 54.6 Å². The zero-order valence-electron chi connectivity index (χ0n) is 31.8. The standard InChI is InChI=1S/C41H42F3N9O5/c1-2-24-14-23(19-50-10-12-51(13-11-50)26-7-6-25-20-52(39(57)29(25)15-26)32-8-9-34(54)47-37(32)56)18-45-38(24)58-27-17-41(40(43)44)22-46-36-33(53(41)21-27)16-31(48-49-36)28-4-3-5-30(42)35(28)55/h3-7,14-16,18,27,32,40,55H,2,8-13,17,19-22H2,1H3,(H,46,49)(H,47,54,56)/t27-,32?,41-/m1/s1. The lowest BCUT2D eigenvalue weighted by Crippen LogP contribution is -2.57. The molecule has 58 heavy (non-hydrogen) atoms. The van der Waals surface area contributed by atoms with Crippen molar-refractivity contribution in [3.8, 4) is 22.9 Å². The second kappa shape index (κ2) is 14.8. The van der Waals surface area contributed by atoms with Crippen LogP contribution in [-0.2, 0) is 29.1 Å². The molecule has 3 fully saturated rings. The van der Waals surface area contributed by atoms with Gasteiger partial charge in [-0.25, -0.2) is 18.2 Å². The molecule has 0 spiro atoms. The van der Waals surface area contributed by atoms with Gasteiger partial charge in [-0.3, -0.25) is 24.6 Å². The maximum atomic E-state index is 15.0. The first kappa shape index (κ1) is 37.6. The lowest BCUT2D eigenvalue weighted by atomic mass is 9.93. The van der Waals surface area contributed by atoms with Crippen molar-refractivity contribution in [3.63, 3.8) is 0 Å². The molecule has 2 aromatic carbocycles. The number of halogens is 3. The molecule has 3 N–H and O–H groups in total. The topological polar surface area (TPSA) is 156 Å². The molecule has 7 heterocycles. The van der Waals surface area contributed by atoms with Crippen molar-refractivity contribution < 1.29 is 37.4 Å². The highest BCUT2D eigenvalue weighted by Gasteiger charge is 2.56. The van der Waals surface area contributed by atoms with E-state index in [1.54, 1.807) is 22.1 Å². The Kier molecular flexibility index (Phi) is 9.57. The number of rotatable bonds is 9. The number of amides is 3. The summed E-state index contributed by atoms with van der Waals surface area (Å²) in [5, 5.41) is 24.0. The van der Waals surface area contributed by atoms with Crippen molar-refractivity contribution >= 4 is 34.9 Å². The van der Waals surface area contributed by atoms with Crippen LogP contribution in [0.1, 0.15) is 53.2 Å². The molecule has 3 amide bonds. The molecule has 0 radical (unpaired) electrons. The summed E-state index contributed by atoms with van der Waals surface area (Å²) in [7, 11) is 0. The van der Waals surface area contributed by atoms with Crippen molar-refractivity contribution in [1.29, 1.82) is 0 Å². The smallest absolute Gasteiger partial charge is 0.263 e. The van der Waals surface area contributed by atoms with Crippen LogP contribution in [0.4, 0.5) is 30.4 Å². The summed E-state index contributed by atoms with van der Waals surface area (Å²) in [5.74, 6) is -1.63. The zero-order chi connectivity index (χ0) is 40.3. The van der Waals surface area contributed by atoms with Crippen LogP contribution < -0.4 is 25.2 Å². The molecule has 2 aromatic heterocycles. The van der Waals surface area contributed by atoms with Crippen LogP contribution in [-0.4, -0.2) is 111 Å². The minimum atomic E-state index is -2.73. The third-order valence-electron chi connectivity index (χ3n) is 12.1. The van der Waals surface area contributed by atoms with Gasteiger partial charge in [0.15, 0.2) is 17.4 Å². The Morgan fingerprint density at radius 3 is 2.64 bits per heavy atom. The summed E-state index contributed by atoms with van der Waals surface area (Å²) in [5.41, 5.74) is 3.32. The monoisotopic (exact) mass is 797 g/mol. The van der Waals surface area contributed by atoms with Gasteiger partial charge < -0.3 is 29.9 Å². The Bertz CT molecular complexity index is 2310. The first-order valence-electron chi connectivity index (χ1n) is 19.6. The minimum absolute atomic E-state index is 0.0211. The Morgan fingerprint density at radius 2 is 1.86 bits per heavy atom. The number of para-hydroxylation sites is 1. The van der Waals surface area contributed by atoms with Crippen molar-refractivity contribution in [2.24, 2.45) is 0 Å². The number of ether oxygens (including phenoxy) is 1. The lowest BCUT2D eigenvalue weighted by molar-refractivity contribution is -0.136. The van der Waals surface area contributed by atoms with Crippen LogP contribution in [0.2, 0.25) is 0 Å². The van der Waals surface area contributed by atoms with Crippen LogP contribution in [0, 0.1) is 5.82 Å². The van der Waals surface area contributed by atoms with E-state index in [4.69, 9.17) is 4.74 Å². The molecule has 3 saturated heterocycles. The summed E-state index contributed by atoms with van der Waals surface area (Å²) in [6.07, 6.45) is -0.394. The molecular formula is C41H42F3N9O5. The van der Waals surface area contributed by atoms with E-state index in [1.807, 2.05) is 25.1 Å². The number of piperazine rings is 1. The number of carbonyl (C=O) groups is 3. The average molecular weight is 798 g/mol. The van der Waals surface area contributed by atoms with E-state index in [1.165, 1.54) is 12.1 Å². The molecule has 17 heteroatoms. The molecule has 14 nitrogen and oxygen atoms in total. The summed E-state index contributed by atoms with van der Waals surface area (Å²) >= 11 is 0. The molecule has 0 aliphatic carbocycles. The minimum Gasteiger partial charge on any atom is -0.504 e. The molecule has 9 rings (SSSR count). The van der Waals surface area contributed by atoms with Crippen molar-refractivity contribution in [1.82, 2.24) is 30.3 Å². The number of benzene rings is 2. The number of pyridine rings is 1. The molecule has 5 aliphatic rings. The molecule has 3 atom stereocenters. The van der Waals surface area contributed by atoms with Gasteiger partial charge in [0.25, 0.3) is 12.3 Å². The van der Waals surface area contributed by atoms with Gasteiger partial charge in [0.05, 0.1) is 17.9 Å². The van der Waals surface area contributed by atoms with Gasteiger partial charge >= 0.3 is 0 Å². The second-order valence-corrected chi connectivity index (χ2v) is 15.6. The Morgan fingerprint density at radius 1 is 1.03 bits per heavy atom. The predicted molar refractivity (Wildman–Crippen MR) is 206 cm³/mol. The summed E-state index contributed by atoms with van der Waals surface area (Å²) in [6.45, 7) is 6.11. The number of hydrogen-bond donors (Lipinski definition) is 3. The number of nitrogens with one attached hydrogen (secondary N) is 2. The number of aromatic hydroxyl groups is 1. The number of alkyl halides is 2. The number of aryl methyl sites for hydroxylation is 1. The van der Waals surface area contributed by atoms with Gasteiger partial charge in [-0.15, -0.1) is 10.2 Å². The van der Waals surface area contributed by atoms with Gasteiger partial charge in [0.2, 0.25) is 17.7 Å². The van der Waals surface area contributed by atoms with Crippen molar-refractivity contribution in [2.45, 2.75) is 69.8 Å². The number of carbonyl (C=O) groups excluding carboxylic acids is 3. The SMILES string of the molecule is CCc1cc(CN2CCN(c3ccc4c(c3)C(=O)N(C3CCC(=O)NC3=O)C4)CC2)cnc1O[C@H]1CN2c3cc(-c4cccc(F)c4O)nnc3NC[C@@]2(C(F)F)C1. The highest BCUT2D eigenvalue weighted by molar-refractivity contribution is 6.05. The number of piperidine rings is 1. The van der Waals surface area contributed by atoms with E-state index < -0.39 is 41.6 Å². The number of aromatic nitrogens is 3. The maximum absolute atomic E-state index is 15.0. The summed E-state index contributed by atoms with van der Waals surface area (Å²) < 4.78 is 50.6. The summed E-state index contributed by atoms with van der Waals surface area (Å²) in [4.78, 5) is 49.9. The largest absolute Gasteiger partial charge is 0.504 e. The highest BCUT2D eigenvalue weighted by Crippen LogP contribution is 2.47. The highest BCUT2D eigenvalue weighted by atomic mass is 19.3. The normalized spacial score (nSPS) is 23.1. The number of phenolic OH excluding ortho intramolecular Hbond substituents is 1. The molecule has 5 aliphatic heterocycles. The van der Waals surface area contributed by atoms with Crippen LogP contribution in [0.5, 0.6) is 11.6 Å². The molecule has 0 saturated carbocycles. The fourth-order valence-corrected chi connectivity index (χ4v) is 8.94. The maximum Gasteiger partial charge on any atom is 0.263 e. The lowest BCUT2D eigenvalue weighted by Gasteiger charge is -2.43. The van der Waals surface area contributed by atoms with Crippen LogP contribution in [0.15, 0.2) is 54.7 Å². The van der Waals surface area contributed by atoms with Gasteiger partial charge in [0.1, 0.15) is 17.7 Å². The van der Waals surface area contributed by atoms with Gasteiger partial charge in [-0.2, -0.15) is 0 Å². The average Bonchev–Trinajstić information content (AvgIpc) is 3.77. The van der Waals surface area contributed by atoms with Crippen LogP contribution in [0.25, 0.3) is 11.3 Å². The van der Waals surface area contributed by atoms with Crippen molar-refractivity contribution in [2.75, 3.05) is 54.4 Å². The molecular weight excluding hydrogens is 756 g/mol. The Labute approximate surface area is 332 Å². The van der Waals surface area contributed by atoms with E-state index in [9.17, 15) is 23.9 Å². The first-order valence-corrected chi connectivity index (χ1v) is 19.6. The quantitative estimate of drug-likeness (QED) is 0.209. The van der Waals surface area contributed by atoms with Gasteiger partial charge in [-0.05, 0) is 60.4 Å². The second-order valence-electron chi connectivity index (χ2n) is 15.6. The molecule has 302 valence electrons. The van der Waals surface area contributed by atoms with E-state index in [2.05, 4.69) is 41.7 Å². The molecule has 1 unspecified atom stereocenters. The van der Waals surface area contributed by atoms with E-state index in [0.29, 0.717) is 48.9 Å². The van der Waals surface area contributed by atoms with Crippen LogP contribution in [0.3, 0.4) is 0 Å². The molecule has 4 aromatic rings. The fourth-order valence-electron chi connectivity index (χ4n) is 8.94. The fraction of sp³-hybridized carbons (Fsp3) is 0.415. The first-order chi connectivity index (χ1) is 28.0. The number of fused-ring (bicyclic) bond motifs is 4. The third-order valence-corrected chi connectivity index (χ3v) is 12.1. The zero-order valence-corrected chi connectivity index (χ0v) is 31.8. The number of anilines is 3. The molecule has 0 bridgehead atoms. The Balaban J connectivity index is 0.841. The van der Waals surface area contributed by atoms with Gasteiger partial charge in [0, 0.05) is 87.2 Å². The van der Waals surface area contributed by atoms with Gasteiger partial charge in [-0.1, -0.05) is 19.1 Å². The number of imide groups is 1. The Hall–Kier alpha value is -5.97. The number of nitrogens with zero attached hydrogens (tertiary/aromatic N) is 7. The van der Waals surface area contributed by atoms with E-state index in [-0.39, 0.29) is 49.0 Å². The number of hydrogen-bond acceptors (Lipinski definition) is 12.